The first-order chi connectivity index (χ1) is 9.62. The highest BCUT2D eigenvalue weighted by Crippen LogP contribution is 2.31. The lowest BCUT2D eigenvalue weighted by Crippen LogP contribution is -2.01. The van der Waals surface area contributed by atoms with Crippen molar-refractivity contribution >= 4 is 29.3 Å². The van der Waals surface area contributed by atoms with Gasteiger partial charge in [0, 0.05) is 12.6 Å². The second-order valence-electron chi connectivity index (χ2n) is 3.79. The van der Waals surface area contributed by atoms with Gasteiger partial charge in [-0.2, -0.15) is 0 Å². The number of anilines is 1. The summed E-state index contributed by atoms with van der Waals surface area (Å²) in [5, 5.41) is 4.25. The number of aromatic nitrogens is 2. The van der Waals surface area contributed by atoms with Crippen LogP contribution in [0.2, 0.25) is 0 Å². The van der Waals surface area contributed by atoms with Crippen LogP contribution in [0.15, 0.2) is 39.3 Å². The lowest BCUT2D eigenvalue weighted by Gasteiger charge is -2.08. The maximum atomic E-state index is 13.6. The van der Waals surface area contributed by atoms with Gasteiger partial charge < -0.3 is 5.32 Å². The standard InChI is InChI=1S/C13H13F2N3S2/c1-3-16-11-7-12(18-13(17-11)19-2)20-10-6-8(14)4-5-9(10)15/h4-7H,3H2,1-2H3,(H,16,17,18). The molecule has 3 nitrogen and oxygen atoms in total. The van der Waals surface area contributed by atoms with Gasteiger partial charge in [-0.15, -0.1) is 0 Å². The van der Waals surface area contributed by atoms with Gasteiger partial charge in [-0.3, -0.25) is 0 Å². The van der Waals surface area contributed by atoms with Crippen molar-refractivity contribution in [3.63, 3.8) is 0 Å². The summed E-state index contributed by atoms with van der Waals surface area (Å²) in [6.07, 6.45) is 1.86. The molecule has 0 amide bonds. The smallest absolute Gasteiger partial charge is 0.190 e. The van der Waals surface area contributed by atoms with Crippen LogP contribution in [0.5, 0.6) is 0 Å². The first-order valence-electron chi connectivity index (χ1n) is 5.92. The molecule has 0 saturated carbocycles. The summed E-state index contributed by atoms with van der Waals surface area (Å²) in [4.78, 5) is 8.78. The molecule has 2 aromatic rings. The summed E-state index contributed by atoms with van der Waals surface area (Å²) < 4.78 is 26.8. The number of nitrogens with zero attached hydrogens (tertiary/aromatic N) is 2. The van der Waals surface area contributed by atoms with E-state index in [0.29, 0.717) is 16.0 Å². The van der Waals surface area contributed by atoms with E-state index in [0.717, 1.165) is 36.5 Å². The maximum absolute atomic E-state index is 13.6. The van der Waals surface area contributed by atoms with Gasteiger partial charge in [-0.1, -0.05) is 23.5 Å². The van der Waals surface area contributed by atoms with Gasteiger partial charge in [0.2, 0.25) is 0 Å². The van der Waals surface area contributed by atoms with Crippen molar-refractivity contribution in [1.29, 1.82) is 0 Å². The molecular formula is C13H13F2N3S2. The molecule has 0 bridgehead atoms. The van der Waals surface area contributed by atoms with Crippen molar-refractivity contribution in [1.82, 2.24) is 9.97 Å². The normalized spacial score (nSPS) is 10.6. The fourth-order valence-electron chi connectivity index (χ4n) is 1.49. The van der Waals surface area contributed by atoms with Crippen LogP contribution in [0.1, 0.15) is 6.92 Å². The Kier molecular flexibility index (Phi) is 5.19. The minimum Gasteiger partial charge on any atom is -0.370 e. The van der Waals surface area contributed by atoms with E-state index in [4.69, 9.17) is 0 Å². The predicted octanol–water partition coefficient (Wildman–Crippen LogP) is 4.06. The van der Waals surface area contributed by atoms with Gasteiger partial charge in [0.1, 0.15) is 22.5 Å². The summed E-state index contributed by atoms with van der Waals surface area (Å²) in [6.45, 7) is 2.68. The lowest BCUT2D eigenvalue weighted by molar-refractivity contribution is 0.577. The summed E-state index contributed by atoms with van der Waals surface area (Å²) in [6, 6.07) is 5.09. The van der Waals surface area contributed by atoms with E-state index < -0.39 is 11.6 Å². The SMILES string of the molecule is CCNc1cc(Sc2cc(F)ccc2F)nc(SC)n1. The van der Waals surface area contributed by atoms with Gasteiger partial charge in [0.15, 0.2) is 5.16 Å². The molecule has 2 rings (SSSR count). The molecule has 0 unspecified atom stereocenters. The quantitative estimate of drug-likeness (QED) is 0.512. The number of benzene rings is 1. The topological polar surface area (TPSA) is 37.8 Å². The van der Waals surface area contributed by atoms with Crippen molar-refractivity contribution in [2.24, 2.45) is 0 Å². The highest BCUT2D eigenvalue weighted by Gasteiger charge is 2.10. The van der Waals surface area contributed by atoms with Crippen LogP contribution in [0.4, 0.5) is 14.6 Å². The van der Waals surface area contributed by atoms with E-state index in [2.05, 4.69) is 15.3 Å². The zero-order valence-electron chi connectivity index (χ0n) is 11.0. The van der Waals surface area contributed by atoms with Crippen LogP contribution in [0, 0.1) is 11.6 Å². The van der Waals surface area contributed by atoms with Gasteiger partial charge in [0.25, 0.3) is 0 Å². The van der Waals surface area contributed by atoms with Crippen molar-refractivity contribution in [3.8, 4) is 0 Å². The number of hydrogen-bond acceptors (Lipinski definition) is 5. The summed E-state index contributed by atoms with van der Waals surface area (Å²) in [5.41, 5.74) is 0. The van der Waals surface area contributed by atoms with Crippen LogP contribution >= 0.6 is 23.5 Å². The van der Waals surface area contributed by atoms with Gasteiger partial charge >= 0.3 is 0 Å². The van der Waals surface area contributed by atoms with Crippen LogP contribution in [0.25, 0.3) is 0 Å². The molecule has 0 radical (unpaired) electrons. The predicted molar refractivity (Wildman–Crippen MR) is 78.5 cm³/mol. The molecule has 0 aliphatic carbocycles. The zero-order chi connectivity index (χ0) is 14.5. The molecule has 1 N–H and O–H groups in total. The third kappa shape index (κ3) is 3.83. The number of rotatable bonds is 5. The third-order valence-corrected chi connectivity index (χ3v) is 3.83. The van der Waals surface area contributed by atoms with E-state index in [1.807, 2.05) is 13.2 Å². The Morgan fingerprint density at radius 1 is 1.20 bits per heavy atom. The van der Waals surface area contributed by atoms with Crippen LogP contribution in [-0.4, -0.2) is 22.8 Å². The highest BCUT2D eigenvalue weighted by atomic mass is 32.2. The average Bonchev–Trinajstić information content (AvgIpc) is 2.43. The van der Waals surface area contributed by atoms with Crippen molar-refractivity contribution in [2.45, 2.75) is 22.0 Å². The van der Waals surface area contributed by atoms with Crippen molar-refractivity contribution < 1.29 is 8.78 Å². The monoisotopic (exact) mass is 313 g/mol. The molecule has 7 heteroatoms. The number of thioether (sulfide) groups is 1. The Morgan fingerprint density at radius 3 is 2.70 bits per heavy atom. The van der Waals surface area contributed by atoms with Crippen molar-refractivity contribution in [2.75, 3.05) is 18.1 Å². The second kappa shape index (κ2) is 6.90. The van der Waals surface area contributed by atoms with Crippen LogP contribution < -0.4 is 5.32 Å². The van der Waals surface area contributed by atoms with Crippen molar-refractivity contribution in [3.05, 3.63) is 35.9 Å². The fraction of sp³-hybridized carbons (Fsp3) is 0.231. The molecule has 106 valence electrons. The van der Waals surface area contributed by atoms with Crippen LogP contribution in [-0.2, 0) is 0 Å². The molecule has 1 heterocycles. The largest absolute Gasteiger partial charge is 0.370 e. The van der Waals surface area contributed by atoms with E-state index >= 15 is 0 Å². The zero-order valence-corrected chi connectivity index (χ0v) is 12.6. The molecule has 0 saturated heterocycles. The molecule has 0 fully saturated rings. The number of nitrogens with one attached hydrogen (secondary N) is 1. The average molecular weight is 313 g/mol. The Bertz CT molecular complexity index is 608. The molecule has 0 aliphatic heterocycles. The van der Waals surface area contributed by atoms with Gasteiger partial charge in [-0.25, -0.2) is 18.7 Å². The molecule has 0 atom stereocenters. The Labute approximate surface area is 124 Å². The maximum Gasteiger partial charge on any atom is 0.190 e. The van der Waals surface area contributed by atoms with Gasteiger partial charge in [-0.05, 0) is 31.4 Å². The third-order valence-electron chi connectivity index (χ3n) is 2.33. The molecule has 1 aromatic heterocycles. The molecule has 0 aliphatic rings. The number of halogens is 2. The second-order valence-corrected chi connectivity index (χ2v) is 5.62. The summed E-state index contributed by atoms with van der Waals surface area (Å²) >= 11 is 2.48. The summed E-state index contributed by atoms with van der Waals surface area (Å²) in [7, 11) is 0. The molecule has 0 spiro atoms. The Balaban J connectivity index is 2.32. The van der Waals surface area contributed by atoms with Crippen LogP contribution in [0.3, 0.4) is 0 Å². The van der Waals surface area contributed by atoms with E-state index in [1.165, 1.54) is 11.8 Å². The summed E-state index contributed by atoms with van der Waals surface area (Å²) in [5.74, 6) is -0.267. The fourth-order valence-corrected chi connectivity index (χ4v) is 2.79. The molecular weight excluding hydrogens is 300 g/mol. The Morgan fingerprint density at radius 2 is 2.00 bits per heavy atom. The van der Waals surface area contributed by atoms with Gasteiger partial charge in [0.05, 0.1) is 4.90 Å². The first-order valence-corrected chi connectivity index (χ1v) is 7.96. The molecule has 1 aromatic carbocycles. The highest BCUT2D eigenvalue weighted by molar-refractivity contribution is 7.99. The minimum atomic E-state index is -0.472. The Hall–Kier alpha value is -1.34. The van der Waals surface area contributed by atoms with E-state index in [-0.39, 0.29) is 4.90 Å². The minimum absolute atomic E-state index is 0.207. The number of hydrogen-bond donors (Lipinski definition) is 1. The van der Waals surface area contributed by atoms with E-state index in [9.17, 15) is 8.78 Å². The first kappa shape index (κ1) is 15.1. The lowest BCUT2D eigenvalue weighted by atomic mass is 10.3. The molecule has 20 heavy (non-hydrogen) atoms. The van der Waals surface area contributed by atoms with E-state index in [1.54, 1.807) is 6.07 Å².